The molecule has 0 aliphatic heterocycles. The molecule has 0 amide bonds. The van der Waals surface area contributed by atoms with Gasteiger partial charge in [-0.25, -0.2) is 0 Å². The highest BCUT2D eigenvalue weighted by molar-refractivity contribution is 5.46. The smallest absolute Gasteiger partial charge is 0.233 e. The summed E-state index contributed by atoms with van der Waals surface area (Å²) >= 11 is 0. The average molecular weight is 555 g/mol. The zero-order valence-electron chi connectivity index (χ0n) is 23.6. The first-order chi connectivity index (χ1) is 18.9. The van der Waals surface area contributed by atoms with Gasteiger partial charge in [-0.2, -0.15) is 29.9 Å². The third kappa shape index (κ3) is 12.4. The summed E-state index contributed by atoms with van der Waals surface area (Å²) in [7, 11) is 1.54. The van der Waals surface area contributed by atoms with Crippen molar-refractivity contribution < 1.29 is 20.1 Å². The van der Waals surface area contributed by atoms with Crippen LogP contribution in [0.3, 0.4) is 0 Å². The van der Waals surface area contributed by atoms with Crippen LogP contribution in [0.5, 0.6) is 0 Å². The topological polar surface area (TPSA) is 221 Å². The molecule has 0 saturated carbocycles. The Hall–Kier alpha value is -3.34. The normalized spacial score (nSPS) is 10.5. The summed E-state index contributed by atoms with van der Waals surface area (Å²) in [6.45, 7) is 7.79. The number of hydrogen-bond donors (Lipinski definition) is 6. The van der Waals surface area contributed by atoms with Gasteiger partial charge in [0.05, 0.1) is 0 Å². The predicted octanol–water partition coefficient (Wildman–Crippen LogP) is 0.592. The molecule has 8 N–H and O–H groups in total. The number of methoxy groups -OCH3 is 1. The summed E-state index contributed by atoms with van der Waals surface area (Å²) in [4.78, 5) is 29.6. The minimum absolute atomic E-state index is 0.0844. The first-order valence-electron chi connectivity index (χ1n) is 13.2. The number of hydrogen-bond acceptors (Lipinski definition) is 16. The molecule has 16 heteroatoms. The molecule has 0 aliphatic rings. The van der Waals surface area contributed by atoms with Gasteiger partial charge >= 0.3 is 0 Å². The number of aromatic nitrogens is 6. The van der Waals surface area contributed by atoms with E-state index >= 15 is 0 Å². The van der Waals surface area contributed by atoms with Crippen molar-refractivity contribution in [3.63, 3.8) is 0 Å². The van der Waals surface area contributed by atoms with Crippen LogP contribution in [0, 0.1) is 0 Å². The Kier molecular flexibility index (Phi) is 17.0. The Bertz CT molecular complexity index is 823. The lowest BCUT2D eigenvalue weighted by atomic mass is 10.3. The molecular formula is C23H46N12O4. The van der Waals surface area contributed by atoms with Crippen LogP contribution in [0.1, 0.15) is 59.3 Å². The van der Waals surface area contributed by atoms with Crippen molar-refractivity contribution in [2.45, 2.75) is 59.3 Å². The van der Waals surface area contributed by atoms with E-state index in [-0.39, 0.29) is 32.1 Å². The van der Waals surface area contributed by atoms with E-state index in [1.54, 1.807) is 21.8 Å². The minimum Gasteiger partial charge on any atom is -0.376 e. The Morgan fingerprint density at radius 2 is 1.00 bits per heavy atom. The third-order valence-corrected chi connectivity index (χ3v) is 5.35. The summed E-state index contributed by atoms with van der Waals surface area (Å²) in [5.41, 5.74) is 10.6. The molecule has 2 aromatic rings. The fourth-order valence-electron chi connectivity index (χ4n) is 3.14. The Balaban J connectivity index is 0.000000525. The maximum atomic E-state index is 9.76. The Morgan fingerprint density at radius 1 is 0.641 bits per heavy atom. The lowest BCUT2D eigenvalue weighted by Crippen LogP contribution is -2.34. The highest BCUT2D eigenvalue weighted by atomic mass is 16.5. The van der Waals surface area contributed by atoms with Gasteiger partial charge < -0.3 is 51.5 Å². The molecule has 0 atom stereocenters. The number of nitrogens with two attached hydrogens (primary N) is 2. The van der Waals surface area contributed by atoms with E-state index in [4.69, 9.17) is 16.2 Å². The van der Waals surface area contributed by atoms with Gasteiger partial charge in [0.2, 0.25) is 35.7 Å². The molecule has 2 rings (SSSR count). The summed E-state index contributed by atoms with van der Waals surface area (Å²) in [6, 6.07) is 0. The van der Waals surface area contributed by atoms with Crippen molar-refractivity contribution in [2.75, 3.05) is 85.2 Å². The molecule has 39 heavy (non-hydrogen) atoms. The summed E-state index contributed by atoms with van der Waals surface area (Å²) in [5.74, 6) is 1.55. The summed E-state index contributed by atoms with van der Waals surface area (Å²) in [5, 5.41) is 32.0. The second-order valence-electron chi connectivity index (χ2n) is 8.50. The monoisotopic (exact) mass is 554 g/mol. The van der Waals surface area contributed by atoms with E-state index in [2.05, 4.69) is 56.0 Å². The fraction of sp³-hybridized carbons (Fsp3) is 0.739. The highest BCUT2D eigenvalue weighted by Gasteiger charge is 2.19. The molecule has 0 aliphatic carbocycles. The van der Waals surface area contributed by atoms with Crippen LogP contribution in [0.2, 0.25) is 0 Å². The summed E-state index contributed by atoms with van der Waals surface area (Å²) < 4.78 is 4.73. The lowest BCUT2D eigenvalue weighted by molar-refractivity contribution is 0.220. The Morgan fingerprint density at radius 3 is 1.28 bits per heavy atom. The van der Waals surface area contributed by atoms with E-state index in [0.29, 0.717) is 50.2 Å². The lowest BCUT2D eigenvalue weighted by Gasteiger charge is -2.26. The first kappa shape index (κ1) is 33.7. The molecule has 2 aromatic heterocycles. The molecule has 2 heterocycles. The maximum Gasteiger partial charge on any atom is 0.233 e. The predicted molar refractivity (Wildman–Crippen MR) is 152 cm³/mol. The maximum absolute atomic E-state index is 9.76. The quantitative estimate of drug-likeness (QED) is 0.139. The van der Waals surface area contributed by atoms with Gasteiger partial charge in [-0.3, -0.25) is 0 Å². The van der Waals surface area contributed by atoms with Crippen molar-refractivity contribution in [3.05, 3.63) is 0 Å². The van der Waals surface area contributed by atoms with Gasteiger partial charge in [0, 0.05) is 26.7 Å². The zero-order chi connectivity index (χ0) is 29.0. The van der Waals surface area contributed by atoms with Crippen LogP contribution in [-0.2, 0) is 4.74 Å². The van der Waals surface area contributed by atoms with Gasteiger partial charge in [-0.1, -0.05) is 40.0 Å². The molecule has 222 valence electrons. The van der Waals surface area contributed by atoms with E-state index in [1.807, 2.05) is 0 Å². The number of unbranched alkanes of at least 4 members (excludes halogenated alkanes) is 3. The van der Waals surface area contributed by atoms with Gasteiger partial charge in [-0.15, -0.1) is 0 Å². The molecule has 0 aromatic carbocycles. The van der Waals surface area contributed by atoms with Crippen LogP contribution in [0.25, 0.3) is 0 Å². The second-order valence-corrected chi connectivity index (χ2v) is 8.50. The van der Waals surface area contributed by atoms with E-state index in [1.165, 1.54) is 0 Å². The molecule has 0 unspecified atom stereocenters. The van der Waals surface area contributed by atoms with Gasteiger partial charge in [0.25, 0.3) is 0 Å². The number of aliphatic hydroxyl groups is 3. The van der Waals surface area contributed by atoms with Gasteiger partial charge in [-0.05, 0) is 19.3 Å². The van der Waals surface area contributed by atoms with E-state index in [0.717, 1.165) is 38.5 Å². The van der Waals surface area contributed by atoms with Crippen molar-refractivity contribution in [2.24, 2.45) is 0 Å². The second kappa shape index (κ2) is 19.7. The number of anilines is 6. The van der Waals surface area contributed by atoms with Crippen LogP contribution in [-0.4, -0.2) is 98.9 Å². The Labute approximate surface area is 230 Å². The number of nitrogens with one attached hydrogen (secondary N) is 1. The number of aliphatic hydroxyl groups excluding tert-OH is 3. The van der Waals surface area contributed by atoms with Gasteiger partial charge in [0.15, 0.2) is 0 Å². The third-order valence-electron chi connectivity index (χ3n) is 5.35. The standard InChI is InChI=1S/C18H36N6O3.C5H10N6O/c1-4-7-10-22(13-25)16-19-17(23(14-26)11-8-5-2)21-18(20-16)24(15-27)12-9-6-3;1-12-2-8-5-10-3(6)9-4(7)11-5/h25-27H,4-15H2,1-3H3;2H2,1H3,(H5,6,7,8,9,10,11). The molecular weight excluding hydrogens is 508 g/mol. The minimum atomic E-state index is -0.203. The molecule has 0 radical (unpaired) electrons. The molecule has 0 fully saturated rings. The molecule has 16 nitrogen and oxygen atoms in total. The van der Waals surface area contributed by atoms with Crippen molar-refractivity contribution >= 4 is 35.7 Å². The molecule has 0 bridgehead atoms. The van der Waals surface area contributed by atoms with E-state index in [9.17, 15) is 15.3 Å². The fourth-order valence-corrected chi connectivity index (χ4v) is 3.14. The van der Waals surface area contributed by atoms with Gasteiger partial charge in [0.1, 0.15) is 26.9 Å². The van der Waals surface area contributed by atoms with Crippen molar-refractivity contribution in [3.8, 4) is 0 Å². The SMILES string of the molecule is CCCCN(CO)c1nc(N(CO)CCCC)nc(N(CO)CCCC)n1.COCNc1nc(N)nc(N)n1. The average Bonchev–Trinajstić information content (AvgIpc) is 2.93. The van der Waals surface area contributed by atoms with Crippen molar-refractivity contribution in [1.29, 1.82) is 0 Å². The van der Waals surface area contributed by atoms with E-state index < -0.39 is 0 Å². The summed E-state index contributed by atoms with van der Waals surface area (Å²) in [6.07, 6.45) is 5.65. The van der Waals surface area contributed by atoms with Crippen molar-refractivity contribution in [1.82, 2.24) is 29.9 Å². The zero-order valence-corrected chi connectivity index (χ0v) is 23.6. The first-order valence-corrected chi connectivity index (χ1v) is 13.2. The van der Waals surface area contributed by atoms with Crippen LogP contribution in [0.15, 0.2) is 0 Å². The van der Waals surface area contributed by atoms with Crippen LogP contribution < -0.4 is 31.5 Å². The number of ether oxygens (including phenoxy) is 1. The highest BCUT2D eigenvalue weighted by Crippen LogP contribution is 2.20. The molecule has 0 spiro atoms. The number of nitrogens with zero attached hydrogens (tertiary/aromatic N) is 9. The van der Waals surface area contributed by atoms with Crippen LogP contribution in [0.4, 0.5) is 35.7 Å². The number of rotatable bonds is 18. The van der Waals surface area contributed by atoms with Crippen LogP contribution >= 0.6 is 0 Å². The molecule has 0 saturated heterocycles. The largest absolute Gasteiger partial charge is 0.376 e. The number of nitrogen functional groups attached to an aromatic ring is 2.